The molecule has 0 spiro atoms. The van der Waals surface area contributed by atoms with E-state index in [2.05, 4.69) is 35.9 Å². The molecular formula is C16H27N3. The van der Waals surface area contributed by atoms with E-state index < -0.39 is 0 Å². The third-order valence-electron chi connectivity index (χ3n) is 4.28. The molecule has 1 heterocycles. The minimum Gasteiger partial charge on any atom is -0.368 e. The molecule has 0 unspecified atom stereocenters. The zero-order valence-corrected chi connectivity index (χ0v) is 12.3. The second kappa shape index (κ2) is 6.90. The first-order chi connectivity index (χ1) is 9.26. The monoisotopic (exact) mass is 261 g/mol. The predicted octanol–water partition coefficient (Wildman–Crippen LogP) is 3.65. The molecule has 0 radical (unpaired) electrons. The molecule has 106 valence electrons. The average molecular weight is 261 g/mol. The van der Waals surface area contributed by atoms with Gasteiger partial charge in [0.15, 0.2) is 0 Å². The summed E-state index contributed by atoms with van der Waals surface area (Å²) in [5, 5.41) is 0. The largest absolute Gasteiger partial charge is 0.368 e. The first-order valence-electron chi connectivity index (χ1n) is 7.74. The molecule has 0 saturated heterocycles. The van der Waals surface area contributed by atoms with Crippen molar-refractivity contribution in [3.05, 3.63) is 24.0 Å². The van der Waals surface area contributed by atoms with E-state index in [0.29, 0.717) is 6.04 Å². The Kier molecular flexibility index (Phi) is 5.20. The summed E-state index contributed by atoms with van der Waals surface area (Å²) in [6.07, 6.45) is 9.72. The molecule has 3 nitrogen and oxygen atoms in total. The van der Waals surface area contributed by atoms with Gasteiger partial charge in [0.1, 0.15) is 0 Å². The molecule has 0 amide bonds. The fourth-order valence-corrected chi connectivity index (χ4v) is 3.04. The summed E-state index contributed by atoms with van der Waals surface area (Å²) in [5.74, 6) is 0. The van der Waals surface area contributed by atoms with Crippen LogP contribution in [0.25, 0.3) is 0 Å². The van der Waals surface area contributed by atoms with Crippen LogP contribution in [0.4, 0.5) is 5.69 Å². The van der Waals surface area contributed by atoms with Gasteiger partial charge in [-0.25, -0.2) is 0 Å². The Balaban J connectivity index is 2.09. The zero-order chi connectivity index (χ0) is 13.7. The van der Waals surface area contributed by atoms with Crippen LogP contribution in [0.3, 0.4) is 0 Å². The van der Waals surface area contributed by atoms with Crippen LogP contribution in [-0.4, -0.2) is 17.6 Å². The van der Waals surface area contributed by atoms with Gasteiger partial charge in [-0.05, 0) is 38.3 Å². The second-order valence-corrected chi connectivity index (χ2v) is 5.53. The third kappa shape index (κ3) is 3.47. The maximum Gasteiger partial charge on any atom is 0.0572 e. The van der Waals surface area contributed by atoms with Crippen LogP contribution in [0, 0.1) is 0 Å². The van der Waals surface area contributed by atoms with Crippen molar-refractivity contribution in [1.29, 1.82) is 0 Å². The molecule has 1 fully saturated rings. The third-order valence-corrected chi connectivity index (χ3v) is 4.28. The Hall–Kier alpha value is -1.09. The Labute approximate surface area is 117 Å². The van der Waals surface area contributed by atoms with Crippen LogP contribution in [0.2, 0.25) is 0 Å². The van der Waals surface area contributed by atoms with Gasteiger partial charge in [0.05, 0.1) is 17.6 Å². The molecule has 2 N–H and O–H groups in total. The van der Waals surface area contributed by atoms with E-state index in [1.54, 1.807) is 0 Å². The molecule has 1 atom stereocenters. The van der Waals surface area contributed by atoms with Crippen LogP contribution in [0.5, 0.6) is 0 Å². The summed E-state index contributed by atoms with van der Waals surface area (Å²) in [6, 6.07) is 5.05. The van der Waals surface area contributed by atoms with E-state index in [4.69, 9.17) is 5.73 Å². The summed E-state index contributed by atoms with van der Waals surface area (Å²) in [7, 11) is 0. The summed E-state index contributed by atoms with van der Waals surface area (Å²) in [4.78, 5) is 7.05. The molecule has 0 aliphatic heterocycles. The first-order valence-corrected chi connectivity index (χ1v) is 7.74. The number of rotatable bonds is 5. The topological polar surface area (TPSA) is 42.1 Å². The molecule has 2 rings (SSSR count). The van der Waals surface area contributed by atoms with Crippen LogP contribution in [0.1, 0.15) is 64.1 Å². The number of anilines is 1. The van der Waals surface area contributed by atoms with Crippen molar-refractivity contribution < 1.29 is 0 Å². The lowest BCUT2D eigenvalue weighted by Gasteiger charge is -2.35. The van der Waals surface area contributed by atoms with E-state index in [1.807, 2.05) is 6.20 Å². The van der Waals surface area contributed by atoms with E-state index in [9.17, 15) is 0 Å². The summed E-state index contributed by atoms with van der Waals surface area (Å²) in [5.41, 5.74) is 8.28. The van der Waals surface area contributed by atoms with Gasteiger partial charge in [-0.15, -0.1) is 0 Å². The van der Waals surface area contributed by atoms with Crippen LogP contribution in [0.15, 0.2) is 18.3 Å². The smallest absolute Gasteiger partial charge is 0.0572 e. The van der Waals surface area contributed by atoms with Crippen LogP contribution in [-0.2, 0) is 0 Å². The van der Waals surface area contributed by atoms with Crippen molar-refractivity contribution >= 4 is 5.69 Å². The maximum absolute atomic E-state index is 6.02. The van der Waals surface area contributed by atoms with Crippen molar-refractivity contribution in [3.8, 4) is 0 Å². The van der Waals surface area contributed by atoms with Crippen molar-refractivity contribution in [1.82, 2.24) is 4.98 Å². The normalized spacial score (nSPS) is 18.3. The number of hydrogen-bond donors (Lipinski definition) is 1. The number of pyridine rings is 1. The Morgan fingerprint density at radius 1 is 1.26 bits per heavy atom. The summed E-state index contributed by atoms with van der Waals surface area (Å²) < 4.78 is 0. The predicted molar refractivity (Wildman–Crippen MR) is 81.3 cm³/mol. The first kappa shape index (κ1) is 14.3. The quantitative estimate of drug-likeness (QED) is 0.879. The van der Waals surface area contributed by atoms with E-state index >= 15 is 0 Å². The highest BCUT2D eigenvalue weighted by Crippen LogP contribution is 2.27. The number of hydrogen-bond acceptors (Lipinski definition) is 3. The molecule has 3 heteroatoms. The number of nitrogens with two attached hydrogens (primary N) is 1. The lowest BCUT2D eigenvalue weighted by Crippen LogP contribution is -2.36. The van der Waals surface area contributed by atoms with Gasteiger partial charge in [0, 0.05) is 18.6 Å². The van der Waals surface area contributed by atoms with Gasteiger partial charge in [0.25, 0.3) is 0 Å². The fraction of sp³-hybridized carbons (Fsp3) is 0.688. The molecule has 19 heavy (non-hydrogen) atoms. The molecule has 1 aromatic heterocycles. The SMILES string of the molecule is CC[C@H](N)c1ccc(N(CC)C2CCCCC2)cn1. The van der Waals surface area contributed by atoms with Gasteiger partial charge in [-0.2, -0.15) is 0 Å². The average Bonchev–Trinajstić information content (AvgIpc) is 2.49. The van der Waals surface area contributed by atoms with Crippen molar-refractivity contribution in [3.63, 3.8) is 0 Å². The minimum atomic E-state index is 0.0683. The van der Waals surface area contributed by atoms with Crippen LogP contribution < -0.4 is 10.6 Å². The lowest BCUT2D eigenvalue weighted by molar-refractivity contribution is 0.418. The van der Waals surface area contributed by atoms with E-state index in [1.165, 1.54) is 37.8 Å². The number of nitrogens with zero attached hydrogens (tertiary/aromatic N) is 2. The lowest BCUT2D eigenvalue weighted by atomic mass is 9.94. The van der Waals surface area contributed by atoms with Gasteiger partial charge in [-0.3, -0.25) is 4.98 Å². The molecule has 1 aliphatic rings. The van der Waals surface area contributed by atoms with Gasteiger partial charge in [0.2, 0.25) is 0 Å². The summed E-state index contributed by atoms with van der Waals surface area (Å²) >= 11 is 0. The minimum absolute atomic E-state index is 0.0683. The molecule has 1 aliphatic carbocycles. The highest BCUT2D eigenvalue weighted by Gasteiger charge is 2.20. The standard InChI is InChI=1S/C16H27N3/c1-3-15(17)16-11-10-14(12-18-16)19(4-2)13-8-6-5-7-9-13/h10-13,15H,3-9,17H2,1-2H3/t15-/m0/s1. The molecule has 1 aromatic rings. The fourth-order valence-electron chi connectivity index (χ4n) is 3.04. The van der Waals surface area contributed by atoms with Crippen molar-refractivity contribution in [2.24, 2.45) is 5.73 Å². The maximum atomic E-state index is 6.02. The Morgan fingerprint density at radius 2 is 2.00 bits per heavy atom. The van der Waals surface area contributed by atoms with Crippen molar-refractivity contribution in [2.75, 3.05) is 11.4 Å². The van der Waals surface area contributed by atoms with Gasteiger partial charge >= 0.3 is 0 Å². The molecule has 1 saturated carbocycles. The highest BCUT2D eigenvalue weighted by molar-refractivity contribution is 5.46. The molecular weight excluding hydrogens is 234 g/mol. The second-order valence-electron chi connectivity index (χ2n) is 5.53. The van der Waals surface area contributed by atoms with Crippen LogP contribution >= 0.6 is 0 Å². The summed E-state index contributed by atoms with van der Waals surface area (Å²) in [6.45, 7) is 5.40. The zero-order valence-electron chi connectivity index (χ0n) is 12.3. The van der Waals surface area contributed by atoms with Gasteiger partial charge in [-0.1, -0.05) is 26.2 Å². The number of aromatic nitrogens is 1. The Bertz CT molecular complexity index is 368. The van der Waals surface area contributed by atoms with E-state index in [-0.39, 0.29) is 6.04 Å². The molecule has 0 aromatic carbocycles. The van der Waals surface area contributed by atoms with Crippen molar-refractivity contribution in [2.45, 2.75) is 64.5 Å². The molecule has 0 bridgehead atoms. The van der Waals surface area contributed by atoms with Gasteiger partial charge < -0.3 is 10.6 Å². The van der Waals surface area contributed by atoms with E-state index in [0.717, 1.165) is 18.7 Å². The Morgan fingerprint density at radius 3 is 2.53 bits per heavy atom. The highest BCUT2D eigenvalue weighted by atomic mass is 15.2.